The molecule has 12 heteroatoms. The van der Waals surface area contributed by atoms with Gasteiger partial charge >= 0.3 is 6.18 Å². The quantitative estimate of drug-likeness (QED) is 0.348. The number of nitrogens with zero attached hydrogens (tertiary/aromatic N) is 4. The summed E-state index contributed by atoms with van der Waals surface area (Å²) >= 11 is 8.63. The maximum Gasteiger partial charge on any atom is 0.416 e. The van der Waals surface area contributed by atoms with E-state index in [9.17, 15) is 18.0 Å². The molecule has 0 bridgehead atoms. The van der Waals surface area contributed by atoms with Crippen molar-refractivity contribution in [1.82, 2.24) is 15.0 Å². The molecule has 2 aromatic heterocycles. The van der Waals surface area contributed by atoms with Crippen molar-refractivity contribution in [2.45, 2.75) is 36.9 Å². The Kier molecular flexibility index (Phi) is 7.06. The van der Waals surface area contributed by atoms with Crippen LogP contribution in [0.4, 0.5) is 24.0 Å². The van der Waals surface area contributed by atoms with Gasteiger partial charge in [-0.15, -0.1) is 0 Å². The van der Waals surface area contributed by atoms with Gasteiger partial charge in [0.05, 0.1) is 22.0 Å². The minimum Gasteiger partial charge on any atom is -0.348 e. The Morgan fingerprint density at radius 1 is 1.19 bits per heavy atom. The van der Waals surface area contributed by atoms with Crippen molar-refractivity contribution in [2.75, 3.05) is 29.1 Å². The topological polar surface area (TPSA) is 71.0 Å². The molecule has 1 aromatic carbocycles. The molecule has 1 amide bonds. The van der Waals surface area contributed by atoms with Crippen molar-refractivity contribution >= 4 is 61.8 Å². The molecule has 1 aliphatic rings. The molecule has 0 spiro atoms. The number of amides is 1. The smallest absolute Gasteiger partial charge is 0.348 e. The Morgan fingerprint density at radius 2 is 1.94 bits per heavy atom. The fourth-order valence-electron chi connectivity index (χ4n) is 3.34. The third kappa shape index (κ3) is 5.44. The van der Waals surface area contributed by atoms with Gasteiger partial charge in [0.15, 0.2) is 10.8 Å². The van der Waals surface area contributed by atoms with Crippen molar-refractivity contribution in [1.29, 1.82) is 0 Å². The largest absolute Gasteiger partial charge is 0.416 e. The molecule has 1 aliphatic heterocycles. The molecule has 170 valence electrons. The van der Waals surface area contributed by atoms with Crippen LogP contribution in [0.3, 0.4) is 0 Å². The molecule has 6 nitrogen and oxygen atoms in total. The van der Waals surface area contributed by atoms with E-state index in [0.29, 0.717) is 10.7 Å². The van der Waals surface area contributed by atoms with E-state index in [2.05, 4.69) is 25.2 Å². The summed E-state index contributed by atoms with van der Waals surface area (Å²) < 4.78 is 39.6. The number of carbonyl (C=O) groups excluding carboxylic acids is 1. The fourth-order valence-corrected chi connectivity index (χ4v) is 5.45. The molecular formula is C20H19ClF3N5OS2. The van der Waals surface area contributed by atoms with Crippen molar-refractivity contribution in [3.63, 3.8) is 0 Å². The van der Waals surface area contributed by atoms with Crippen LogP contribution in [0.5, 0.6) is 0 Å². The lowest BCUT2D eigenvalue weighted by atomic mass is 10.2. The second-order valence-electron chi connectivity index (χ2n) is 7.26. The van der Waals surface area contributed by atoms with Crippen LogP contribution in [0.1, 0.15) is 31.2 Å². The summed E-state index contributed by atoms with van der Waals surface area (Å²) in [5.41, 5.74) is -0.387. The molecule has 4 rings (SSSR count). The molecule has 0 saturated carbocycles. The molecule has 0 aliphatic carbocycles. The molecule has 32 heavy (non-hydrogen) atoms. The zero-order valence-electron chi connectivity index (χ0n) is 16.8. The first-order chi connectivity index (χ1) is 15.3. The van der Waals surface area contributed by atoms with Crippen molar-refractivity contribution in [3.05, 3.63) is 35.1 Å². The number of carbonyl (C=O) groups is 1. The van der Waals surface area contributed by atoms with Crippen LogP contribution in [-0.4, -0.2) is 39.7 Å². The highest BCUT2D eigenvalue weighted by Gasteiger charge is 2.31. The first kappa shape index (κ1) is 23.1. The minimum absolute atomic E-state index is 0.0327. The summed E-state index contributed by atoms with van der Waals surface area (Å²) in [5, 5.41) is 3.99. The molecule has 3 heterocycles. The predicted molar refractivity (Wildman–Crippen MR) is 122 cm³/mol. The zero-order chi connectivity index (χ0) is 22.7. The molecular weight excluding hydrogens is 483 g/mol. The molecule has 1 fully saturated rings. The molecule has 3 aromatic rings. The van der Waals surface area contributed by atoms with Gasteiger partial charge in [0.2, 0.25) is 5.91 Å². The fraction of sp³-hybridized carbons (Fsp3) is 0.400. The molecule has 1 N–H and O–H groups in total. The standard InChI is InChI=1S/C20H19ClF3N5OS2/c21-13-6-5-12(20(22,23)24)9-14(13)27-15(30)10-31-18-16-17(25-11-26-18)28-19(32-16)29-7-3-1-2-4-8-29/h5-6,9,11H,1-4,7-8,10H2,(H,27,30). The highest BCUT2D eigenvalue weighted by molar-refractivity contribution is 8.00. The van der Waals surface area contributed by atoms with Gasteiger partial charge in [-0.3, -0.25) is 4.79 Å². The number of rotatable bonds is 5. The summed E-state index contributed by atoms with van der Waals surface area (Å²) in [5.74, 6) is -0.532. The van der Waals surface area contributed by atoms with Crippen LogP contribution in [0.25, 0.3) is 10.3 Å². The van der Waals surface area contributed by atoms with E-state index in [1.807, 2.05) is 0 Å². The van der Waals surface area contributed by atoms with Gasteiger partial charge in [0.25, 0.3) is 0 Å². The molecule has 0 unspecified atom stereocenters. The average Bonchev–Trinajstić information content (AvgIpc) is 3.00. The van der Waals surface area contributed by atoms with Crippen LogP contribution in [-0.2, 0) is 11.0 Å². The lowest BCUT2D eigenvalue weighted by Gasteiger charge is -2.18. The summed E-state index contributed by atoms with van der Waals surface area (Å²) in [7, 11) is 0. The van der Waals surface area contributed by atoms with Gasteiger partial charge < -0.3 is 10.2 Å². The summed E-state index contributed by atoms with van der Waals surface area (Å²) in [6, 6.07) is 2.81. The number of hydrogen-bond donors (Lipinski definition) is 1. The highest BCUT2D eigenvalue weighted by atomic mass is 35.5. The van der Waals surface area contributed by atoms with Crippen molar-refractivity contribution < 1.29 is 18.0 Å². The Bertz CT molecular complexity index is 1120. The predicted octanol–water partition coefficient (Wildman–Crippen LogP) is 5.87. The number of benzene rings is 1. The molecule has 0 atom stereocenters. The van der Waals surface area contributed by atoms with Crippen LogP contribution >= 0.6 is 34.7 Å². The van der Waals surface area contributed by atoms with E-state index >= 15 is 0 Å². The number of hydrogen-bond acceptors (Lipinski definition) is 7. The minimum atomic E-state index is -4.53. The van der Waals surface area contributed by atoms with Crippen LogP contribution in [0.2, 0.25) is 5.02 Å². The van der Waals surface area contributed by atoms with Gasteiger partial charge in [-0.2, -0.15) is 18.2 Å². The van der Waals surface area contributed by atoms with Gasteiger partial charge in [0.1, 0.15) is 16.1 Å². The number of halogens is 4. The Hall–Kier alpha value is -2.11. The van der Waals surface area contributed by atoms with Crippen LogP contribution < -0.4 is 10.2 Å². The van der Waals surface area contributed by atoms with Crippen molar-refractivity contribution in [2.24, 2.45) is 0 Å². The van der Waals surface area contributed by atoms with Gasteiger partial charge in [-0.1, -0.05) is 47.5 Å². The summed E-state index contributed by atoms with van der Waals surface area (Å²) in [6.07, 6.45) is 1.56. The number of thioether (sulfide) groups is 1. The highest BCUT2D eigenvalue weighted by Crippen LogP contribution is 2.36. The zero-order valence-corrected chi connectivity index (χ0v) is 19.2. The monoisotopic (exact) mass is 501 g/mol. The number of nitrogens with one attached hydrogen (secondary N) is 1. The first-order valence-corrected chi connectivity index (χ1v) is 12.1. The Labute approximate surface area is 195 Å². The lowest BCUT2D eigenvalue weighted by Crippen LogP contribution is -2.23. The lowest BCUT2D eigenvalue weighted by molar-refractivity contribution is -0.137. The van der Waals surface area contributed by atoms with Gasteiger partial charge in [0, 0.05) is 13.1 Å². The Balaban J connectivity index is 1.45. The Morgan fingerprint density at radius 3 is 2.66 bits per heavy atom. The summed E-state index contributed by atoms with van der Waals surface area (Å²) in [6.45, 7) is 1.91. The van der Waals surface area contributed by atoms with Crippen LogP contribution in [0, 0.1) is 0 Å². The van der Waals surface area contributed by atoms with E-state index in [1.165, 1.54) is 42.3 Å². The number of anilines is 2. The maximum absolute atomic E-state index is 12.9. The normalized spacial score (nSPS) is 15.1. The SMILES string of the molecule is O=C(CSc1ncnc2nc(N3CCCCCC3)sc12)Nc1cc(C(F)(F)F)ccc1Cl. The summed E-state index contributed by atoms with van der Waals surface area (Å²) in [4.78, 5) is 27.8. The second kappa shape index (κ2) is 9.80. The van der Waals surface area contributed by atoms with E-state index in [0.717, 1.165) is 54.0 Å². The second-order valence-corrected chi connectivity index (χ2v) is 9.61. The molecule has 0 radical (unpaired) electrons. The van der Waals surface area contributed by atoms with Gasteiger partial charge in [-0.25, -0.2) is 9.97 Å². The van der Waals surface area contributed by atoms with E-state index < -0.39 is 17.6 Å². The third-order valence-corrected chi connectivity index (χ3v) is 7.49. The number of thiazole rings is 1. The van der Waals surface area contributed by atoms with E-state index in [1.54, 1.807) is 0 Å². The van der Waals surface area contributed by atoms with Crippen molar-refractivity contribution in [3.8, 4) is 0 Å². The number of fused-ring (bicyclic) bond motifs is 1. The number of aromatic nitrogens is 3. The number of alkyl halides is 3. The van der Waals surface area contributed by atoms with E-state index in [4.69, 9.17) is 11.6 Å². The van der Waals surface area contributed by atoms with Crippen LogP contribution in [0.15, 0.2) is 29.6 Å². The average molecular weight is 502 g/mol. The molecule has 1 saturated heterocycles. The van der Waals surface area contributed by atoms with Gasteiger partial charge in [-0.05, 0) is 31.0 Å². The first-order valence-electron chi connectivity index (χ1n) is 9.97. The maximum atomic E-state index is 12.9. The van der Waals surface area contributed by atoms with E-state index in [-0.39, 0.29) is 16.5 Å². The third-order valence-electron chi connectivity index (χ3n) is 4.93.